The van der Waals surface area contributed by atoms with Crippen molar-refractivity contribution in [2.24, 2.45) is 11.7 Å². The lowest BCUT2D eigenvalue weighted by Gasteiger charge is -2.26. The third-order valence-electron chi connectivity index (χ3n) is 4.09. The van der Waals surface area contributed by atoms with Crippen LogP contribution < -0.4 is 11.3 Å². The Morgan fingerprint density at radius 2 is 2.23 bits per heavy atom. The zero-order valence-corrected chi connectivity index (χ0v) is 14.0. The van der Waals surface area contributed by atoms with Crippen LogP contribution in [0.15, 0.2) is 23.0 Å². The van der Waals surface area contributed by atoms with Crippen molar-refractivity contribution in [3.63, 3.8) is 0 Å². The first-order chi connectivity index (χ1) is 10.1. The molecule has 1 aliphatic rings. The summed E-state index contributed by atoms with van der Waals surface area (Å²) in [5.41, 5.74) is 6.37. The minimum Gasteiger partial charge on any atom is -0.329 e. The van der Waals surface area contributed by atoms with Gasteiger partial charge in [0.1, 0.15) is 5.82 Å². The quantitative estimate of drug-likeness (QED) is 0.873. The molecule has 1 aliphatic carbocycles. The second-order valence-electron chi connectivity index (χ2n) is 5.73. The SMILES string of the molecule is CN(Cc1nc2ccc(Cl)cc2c(=O)[nH]1)C(CN)C1CC1.Cl. The van der Waals surface area contributed by atoms with E-state index >= 15 is 0 Å². The van der Waals surface area contributed by atoms with E-state index < -0.39 is 0 Å². The van der Waals surface area contributed by atoms with Crippen molar-refractivity contribution in [3.8, 4) is 0 Å². The predicted molar refractivity (Wildman–Crippen MR) is 91.7 cm³/mol. The minimum atomic E-state index is -0.151. The molecule has 0 spiro atoms. The summed E-state index contributed by atoms with van der Waals surface area (Å²) in [5, 5.41) is 1.06. The number of aromatic amines is 1. The zero-order valence-electron chi connectivity index (χ0n) is 12.4. The van der Waals surface area contributed by atoms with Crippen LogP contribution in [-0.4, -0.2) is 34.5 Å². The van der Waals surface area contributed by atoms with E-state index in [1.54, 1.807) is 18.2 Å². The van der Waals surface area contributed by atoms with Crippen LogP contribution in [0.2, 0.25) is 5.02 Å². The monoisotopic (exact) mass is 342 g/mol. The van der Waals surface area contributed by atoms with Crippen molar-refractivity contribution in [1.82, 2.24) is 14.9 Å². The van der Waals surface area contributed by atoms with Crippen molar-refractivity contribution in [1.29, 1.82) is 0 Å². The molecule has 0 amide bonds. The molecule has 0 saturated heterocycles. The molecule has 7 heteroatoms. The predicted octanol–water partition coefficient (Wildman–Crippen LogP) is 2.17. The number of aromatic nitrogens is 2. The van der Waals surface area contributed by atoms with E-state index in [4.69, 9.17) is 17.3 Å². The van der Waals surface area contributed by atoms with E-state index in [0.717, 1.165) is 0 Å². The highest BCUT2D eigenvalue weighted by atomic mass is 35.5. The topological polar surface area (TPSA) is 75.0 Å². The van der Waals surface area contributed by atoms with Gasteiger partial charge in [-0.1, -0.05) is 11.6 Å². The van der Waals surface area contributed by atoms with Crippen LogP contribution in [0.3, 0.4) is 0 Å². The van der Waals surface area contributed by atoms with Gasteiger partial charge in [0.25, 0.3) is 5.56 Å². The maximum Gasteiger partial charge on any atom is 0.258 e. The smallest absolute Gasteiger partial charge is 0.258 e. The average molecular weight is 343 g/mol. The molecule has 1 aromatic heterocycles. The van der Waals surface area contributed by atoms with E-state index in [9.17, 15) is 4.79 Å². The van der Waals surface area contributed by atoms with E-state index in [2.05, 4.69) is 14.9 Å². The van der Waals surface area contributed by atoms with Gasteiger partial charge in [-0.15, -0.1) is 12.4 Å². The summed E-state index contributed by atoms with van der Waals surface area (Å²) in [6, 6.07) is 5.52. The van der Waals surface area contributed by atoms with Gasteiger partial charge in [0.15, 0.2) is 0 Å². The lowest BCUT2D eigenvalue weighted by atomic mass is 10.1. The Morgan fingerprint density at radius 1 is 1.50 bits per heavy atom. The number of nitrogens with two attached hydrogens (primary N) is 1. The number of hydrogen-bond donors (Lipinski definition) is 2. The average Bonchev–Trinajstić information content (AvgIpc) is 3.25. The summed E-state index contributed by atoms with van der Waals surface area (Å²) in [5.74, 6) is 1.35. The standard InChI is InChI=1S/C15H19ClN4O.ClH/c1-20(13(7-17)9-2-3-9)8-14-18-12-5-4-10(16)6-11(12)15(21)19-14;/h4-6,9,13H,2-3,7-8,17H2,1H3,(H,18,19,21);1H. The molecule has 3 rings (SSSR count). The van der Waals surface area contributed by atoms with E-state index in [-0.39, 0.29) is 18.0 Å². The molecule has 2 aromatic rings. The molecule has 5 nitrogen and oxygen atoms in total. The minimum absolute atomic E-state index is 0. The van der Waals surface area contributed by atoms with Crippen molar-refractivity contribution in [2.45, 2.75) is 25.4 Å². The van der Waals surface area contributed by atoms with Crippen LogP contribution >= 0.6 is 24.0 Å². The second kappa shape index (κ2) is 6.96. The van der Waals surface area contributed by atoms with Gasteiger partial charge < -0.3 is 10.7 Å². The van der Waals surface area contributed by atoms with E-state index in [1.165, 1.54) is 12.8 Å². The summed E-state index contributed by atoms with van der Waals surface area (Å²) in [6.07, 6.45) is 2.48. The van der Waals surface area contributed by atoms with Gasteiger partial charge in [-0.2, -0.15) is 0 Å². The van der Waals surface area contributed by atoms with Gasteiger partial charge in [0, 0.05) is 17.6 Å². The number of fused-ring (bicyclic) bond motifs is 1. The van der Waals surface area contributed by atoms with Crippen LogP contribution in [-0.2, 0) is 6.54 Å². The molecule has 0 radical (unpaired) electrons. The summed E-state index contributed by atoms with van der Waals surface area (Å²) >= 11 is 5.91. The Balaban J connectivity index is 0.00000176. The molecule has 1 fully saturated rings. The largest absolute Gasteiger partial charge is 0.329 e. The number of nitrogens with one attached hydrogen (secondary N) is 1. The normalized spacial score (nSPS) is 15.8. The number of H-pyrrole nitrogens is 1. The highest BCUT2D eigenvalue weighted by Gasteiger charge is 2.32. The van der Waals surface area contributed by atoms with Crippen LogP contribution in [0.25, 0.3) is 10.9 Å². The Hall–Kier alpha value is -1.14. The Morgan fingerprint density at radius 3 is 2.86 bits per heavy atom. The Labute approximate surface area is 140 Å². The van der Waals surface area contributed by atoms with Gasteiger partial charge in [-0.25, -0.2) is 4.98 Å². The van der Waals surface area contributed by atoms with E-state index in [1.807, 2.05) is 7.05 Å². The Bertz CT molecular complexity index is 714. The third kappa shape index (κ3) is 3.60. The number of benzene rings is 1. The van der Waals surface area contributed by atoms with Crippen LogP contribution in [0.5, 0.6) is 0 Å². The zero-order chi connectivity index (χ0) is 15.0. The number of rotatable bonds is 5. The Kier molecular flexibility index (Phi) is 5.45. The molecule has 120 valence electrons. The van der Waals surface area contributed by atoms with Crippen molar-refractivity contribution in [2.75, 3.05) is 13.6 Å². The summed E-state index contributed by atoms with van der Waals surface area (Å²) < 4.78 is 0. The van der Waals surface area contributed by atoms with Crippen molar-refractivity contribution in [3.05, 3.63) is 39.4 Å². The molecule has 1 aromatic carbocycles. The molecule has 1 saturated carbocycles. The maximum absolute atomic E-state index is 12.1. The van der Waals surface area contributed by atoms with Crippen LogP contribution in [0.4, 0.5) is 0 Å². The van der Waals surface area contributed by atoms with Gasteiger partial charge in [-0.3, -0.25) is 9.69 Å². The van der Waals surface area contributed by atoms with Gasteiger partial charge in [0.05, 0.1) is 17.4 Å². The summed E-state index contributed by atoms with van der Waals surface area (Å²) in [6.45, 7) is 1.22. The number of nitrogens with zero attached hydrogens (tertiary/aromatic N) is 2. The fourth-order valence-corrected chi connectivity index (χ4v) is 2.97. The molecule has 1 atom stereocenters. The first kappa shape index (κ1) is 17.2. The summed E-state index contributed by atoms with van der Waals surface area (Å²) in [4.78, 5) is 21.7. The van der Waals surface area contributed by atoms with Gasteiger partial charge in [0.2, 0.25) is 0 Å². The fraction of sp³-hybridized carbons (Fsp3) is 0.467. The molecular weight excluding hydrogens is 323 g/mol. The second-order valence-corrected chi connectivity index (χ2v) is 6.17. The highest BCUT2D eigenvalue weighted by Crippen LogP contribution is 2.34. The molecule has 1 unspecified atom stereocenters. The van der Waals surface area contributed by atoms with Crippen molar-refractivity contribution < 1.29 is 0 Å². The first-order valence-corrected chi connectivity index (χ1v) is 7.55. The highest BCUT2D eigenvalue weighted by molar-refractivity contribution is 6.31. The number of hydrogen-bond acceptors (Lipinski definition) is 4. The van der Waals surface area contributed by atoms with Crippen LogP contribution in [0.1, 0.15) is 18.7 Å². The third-order valence-corrected chi connectivity index (χ3v) is 4.32. The lowest BCUT2D eigenvalue weighted by Crippen LogP contribution is -2.39. The van der Waals surface area contributed by atoms with E-state index in [0.29, 0.717) is 46.8 Å². The van der Waals surface area contributed by atoms with Crippen LogP contribution in [0, 0.1) is 5.92 Å². The lowest BCUT2D eigenvalue weighted by molar-refractivity contribution is 0.211. The van der Waals surface area contributed by atoms with Crippen molar-refractivity contribution >= 4 is 34.9 Å². The molecule has 0 bridgehead atoms. The number of likely N-dealkylation sites (N-methyl/N-ethyl adjacent to an activating group) is 1. The fourth-order valence-electron chi connectivity index (χ4n) is 2.80. The molecule has 0 aliphatic heterocycles. The molecule has 1 heterocycles. The molecular formula is C15H20Cl2N4O. The van der Waals surface area contributed by atoms with Gasteiger partial charge >= 0.3 is 0 Å². The molecule has 3 N–H and O–H groups in total. The maximum atomic E-state index is 12.1. The first-order valence-electron chi connectivity index (χ1n) is 7.17. The molecule has 22 heavy (non-hydrogen) atoms. The van der Waals surface area contributed by atoms with Gasteiger partial charge in [-0.05, 0) is 44.0 Å². The number of halogens is 2. The summed E-state index contributed by atoms with van der Waals surface area (Å²) in [7, 11) is 2.03.